The summed E-state index contributed by atoms with van der Waals surface area (Å²) in [6.45, 7) is 4.92. The van der Waals surface area contributed by atoms with Crippen LogP contribution in [0.5, 0.6) is 0 Å². The standard InChI is InChI=1S/C21H26ClN5O/c1-21(2)11-17(28)6-7-18(21)26-19-15(12-23)13-25-20(27-19)24-9-8-14-4-3-5-16(22)10-14/h3-5,10,13,17-18,28H,6-9,11H2,1-2H3,(H2,24,25,26,27)/t17-,18-/m1/s1. The van der Waals surface area contributed by atoms with Gasteiger partial charge in [-0.3, -0.25) is 0 Å². The van der Waals surface area contributed by atoms with Gasteiger partial charge in [-0.25, -0.2) is 4.98 Å². The van der Waals surface area contributed by atoms with Crippen molar-refractivity contribution < 1.29 is 5.11 Å². The van der Waals surface area contributed by atoms with Crippen molar-refractivity contribution in [3.8, 4) is 6.07 Å². The van der Waals surface area contributed by atoms with Crippen molar-refractivity contribution >= 4 is 23.4 Å². The second-order valence-corrected chi connectivity index (χ2v) is 8.43. The van der Waals surface area contributed by atoms with E-state index >= 15 is 0 Å². The average Bonchev–Trinajstić information content (AvgIpc) is 2.64. The van der Waals surface area contributed by atoms with Crippen LogP contribution in [0, 0.1) is 16.7 Å². The average molecular weight is 400 g/mol. The van der Waals surface area contributed by atoms with Gasteiger partial charge in [-0.1, -0.05) is 37.6 Å². The number of rotatable bonds is 6. The fourth-order valence-corrected chi connectivity index (χ4v) is 3.92. The Morgan fingerprint density at radius 2 is 2.18 bits per heavy atom. The van der Waals surface area contributed by atoms with Gasteiger partial charge in [0.15, 0.2) is 0 Å². The van der Waals surface area contributed by atoms with Crippen LogP contribution in [0.2, 0.25) is 5.02 Å². The SMILES string of the molecule is CC1(C)C[C@H](O)CC[C@H]1Nc1nc(NCCc2cccc(Cl)c2)ncc1C#N. The molecule has 1 fully saturated rings. The maximum Gasteiger partial charge on any atom is 0.224 e. The lowest BCUT2D eigenvalue weighted by atomic mass is 9.72. The van der Waals surface area contributed by atoms with E-state index in [4.69, 9.17) is 11.6 Å². The van der Waals surface area contributed by atoms with Crippen molar-refractivity contribution in [3.05, 3.63) is 46.6 Å². The molecule has 0 aliphatic heterocycles. The molecule has 1 aliphatic carbocycles. The van der Waals surface area contributed by atoms with Gasteiger partial charge in [0.25, 0.3) is 0 Å². The van der Waals surface area contributed by atoms with Gasteiger partial charge in [-0.05, 0) is 48.8 Å². The number of hydrogen-bond acceptors (Lipinski definition) is 6. The lowest BCUT2D eigenvalue weighted by molar-refractivity contribution is 0.0572. The molecule has 2 aromatic rings. The van der Waals surface area contributed by atoms with E-state index in [1.54, 1.807) is 6.20 Å². The minimum Gasteiger partial charge on any atom is -0.393 e. The topological polar surface area (TPSA) is 93.9 Å². The molecule has 1 saturated carbocycles. The summed E-state index contributed by atoms with van der Waals surface area (Å²) < 4.78 is 0. The minimum atomic E-state index is -0.266. The summed E-state index contributed by atoms with van der Waals surface area (Å²) in [5, 5.41) is 26.7. The van der Waals surface area contributed by atoms with Gasteiger partial charge in [-0.15, -0.1) is 0 Å². The third kappa shape index (κ3) is 5.12. The highest BCUT2D eigenvalue weighted by atomic mass is 35.5. The molecule has 0 unspecified atom stereocenters. The summed E-state index contributed by atoms with van der Waals surface area (Å²) in [5.41, 5.74) is 1.46. The fraction of sp³-hybridized carbons (Fsp3) is 0.476. The van der Waals surface area contributed by atoms with Crippen molar-refractivity contribution in [2.75, 3.05) is 17.2 Å². The van der Waals surface area contributed by atoms with E-state index in [2.05, 4.69) is 40.5 Å². The van der Waals surface area contributed by atoms with E-state index < -0.39 is 0 Å². The minimum absolute atomic E-state index is 0.0878. The van der Waals surface area contributed by atoms with Crippen LogP contribution in [0.1, 0.15) is 44.2 Å². The van der Waals surface area contributed by atoms with Crippen molar-refractivity contribution in [1.29, 1.82) is 5.26 Å². The summed E-state index contributed by atoms with van der Waals surface area (Å²) in [7, 11) is 0. The first-order valence-electron chi connectivity index (χ1n) is 9.57. The lowest BCUT2D eigenvalue weighted by Gasteiger charge is -2.41. The molecule has 2 atom stereocenters. The number of aliphatic hydroxyl groups excluding tert-OH is 1. The van der Waals surface area contributed by atoms with Crippen LogP contribution in [-0.2, 0) is 6.42 Å². The lowest BCUT2D eigenvalue weighted by Crippen LogP contribution is -2.43. The maximum absolute atomic E-state index is 9.96. The zero-order valence-electron chi connectivity index (χ0n) is 16.2. The second kappa shape index (κ2) is 8.76. The summed E-state index contributed by atoms with van der Waals surface area (Å²) in [4.78, 5) is 8.78. The number of anilines is 2. The summed E-state index contributed by atoms with van der Waals surface area (Å²) >= 11 is 6.02. The number of aromatic nitrogens is 2. The van der Waals surface area contributed by atoms with Crippen LogP contribution in [0.4, 0.5) is 11.8 Å². The van der Waals surface area contributed by atoms with Crippen LogP contribution in [0.15, 0.2) is 30.5 Å². The molecule has 28 heavy (non-hydrogen) atoms. The van der Waals surface area contributed by atoms with Gasteiger partial charge >= 0.3 is 0 Å². The Balaban J connectivity index is 1.67. The molecule has 7 heteroatoms. The number of benzene rings is 1. The Morgan fingerprint density at radius 1 is 1.36 bits per heavy atom. The Bertz CT molecular complexity index is 864. The number of aliphatic hydroxyl groups is 1. The molecule has 1 aromatic carbocycles. The number of hydrogen-bond donors (Lipinski definition) is 3. The van der Waals surface area contributed by atoms with E-state index in [0.29, 0.717) is 23.9 Å². The summed E-state index contributed by atoms with van der Waals surface area (Å²) in [6, 6.07) is 10.0. The Labute approximate surface area is 171 Å². The molecular weight excluding hydrogens is 374 g/mol. The smallest absolute Gasteiger partial charge is 0.224 e. The first-order valence-corrected chi connectivity index (χ1v) is 9.95. The van der Waals surface area contributed by atoms with Gasteiger partial charge in [0, 0.05) is 17.6 Å². The van der Waals surface area contributed by atoms with E-state index in [1.807, 2.05) is 24.3 Å². The normalized spacial score (nSPS) is 21.0. The largest absolute Gasteiger partial charge is 0.393 e. The molecule has 1 aromatic heterocycles. The van der Waals surface area contributed by atoms with Crippen LogP contribution in [0.25, 0.3) is 0 Å². The van der Waals surface area contributed by atoms with Crippen molar-refractivity contribution in [3.63, 3.8) is 0 Å². The number of halogens is 1. The Kier molecular flexibility index (Phi) is 6.38. The molecule has 0 radical (unpaired) electrons. The van der Waals surface area contributed by atoms with Crippen LogP contribution in [-0.4, -0.2) is 33.8 Å². The molecule has 3 rings (SSSR count). The van der Waals surface area contributed by atoms with Crippen LogP contribution >= 0.6 is 11.6 Å². The number of nitrogens with one attached hydrogen (secondary N) is 2. The number of nitrogens with zero attached hydrogens (tertiary/aromatic N) is 3. The molecule has 3 N–H and O–H groups in total. The number of nitriles is 1. The zero-order valence-corrected chi connectivity index (χ0v) is 17.0. The predicted octanol–water partition coefficient (Wildman–Crippen LogP) is 4.01. The van der Waals surface area contributed by atoms with Crippen LogP contribution < -0.4 is 10.6 Å². The van der Waals surface area contributed by atoms with E-state index in [-0.39, 0.29) is 17.6 Å². The molecular formula is C21H26ClN5O. The summed E-state index contributed by atoms with van der Waals surface area (Å²) in [6.07, 6.45) is 4.38. The monoisotopic (exact) mass is 399 g/mol. The maximum atomic E-state index is 9.96. The molecule has 148 valence electrons. The summed E-state index contributed by atoms with van der Waals surface area (Å²) in [5.74, 6) is 1.02. The molecule has 0 bridgehead atoms. The van der Waals surface area contributed by atoms with E-state index in [9.17, 15) is 10.4 Å². The first-order chi connectivity index (χ1) is 13.4. The molecule has 1 heterocycles. The zero-order chi connectivity index (χ0) is 20.1. The van der Waals surface area contributed by atoms with Crippen LogP contribution in [0.3, 0.4) is 0 Å². The molecule has 0 amide bonds. The molecule has 1 aliphatic rings. The molecule has 6 nitrogen and oxygen atoms in total. The highest BCUT2D eigenvalue weighted by Gasteiger charge is 2.36. The first kappa shape index (κ1) is 20.4. The highest BCUT2D eigenvalue weighted by molar-refractivity contribution is 6.30. The quantitative estimate of drug-likeness (QED) is 0.679. The van der Waals surface area contributed by atoms with E-state index in [1.165, 1.54) is 0 Å². The molecule has 0 saturated heterocycles. The van der Waals surface area contributed by atoms with Crippen molar-refractivity contribution in [2.24, 2.45) is 5.41 Å². The van der Waals surface area contributed by atoms with E-state index in [0.717, 1.165) is 36.3 Å². The molecule has 0 spiro atoms. The Hall–Kier alpha value is -2.36. The van der Waals surface area contributed by atoms with Crippen molar-refractivity contribution in [1.82, 2.24) is 9.97 Å². The fourth-order valence-electron chi connectivity index (χ4n) is 3.70. The van der Waals surface area contributed by atoms with Crippen molar-refractivity contribution in [2.45, 2.75) is 51.7 Å². The van der Waals surface area contributed by atoms with Gasteiger partial charge < -0.3 is 15.7 Å². The van der Waals surface area contributed by atoms with Gasteiger partial charge in [-0.2, -0.15) is 10.2 Å². The third-order valence-corrected chi connectivity index (χ3v) is 5.53. The van der Waals surface area contributed by atoms with Gasteiger partial charge in [0.05, 0.1) is 12.3 Å². The van der Waals surface area contributed by atoms with Gasteiger partial charge in [0.2, 0.25) is 5.95 Å². The second-order valence-electron chi connectivity index (χ2n) is 8.00. The predicted molar refractivity (Wildman–Crippen MR) is 111 cm³/mol. The highest BCUT2D eigenvalue weighted by Crippen LogP contribution is 2.37. The van der Waals surface area contributed by atoms with Gasteiger partial charge in [0.1, 0.15) is 17.5 Å². The Morgan fingerprint density at radius 3 is 2.89 bits per heavy atom. The third-order valence-electron chi connectivity index (χ3n) is 5.30.